The number of carbonyl (C=O) groups is 2. The summed E-state index contributed by atoms with van der Waals surface area (Å²) < 4.78 is 0. The maximum atomic E-state index is 11.5. The molecular formula is C9H10N4O3. The van der Waals surface area contributed by atoms with Crippen LogP contribution in [0.2, 0.25) is 0 Å². The van der Waals surface area contributed by atoms with Gasteiger partial charge in [0.25, 0.3) is 5.91 Å². The van der Waals surface area contributed by atoms with Crippen molar-refractivity contribution in [3.8, 4) is 0 Å². The lowest BCUT2D eigenvalue weighted by atomic mass is 10.1. The van der Waals surface area contributed by atoms with Gasteiger partial charge in [0.2, 0.25) is 5.82 Å². The SMILES string of the molecule is O=C(NC1C=CC(C(=O)O)C1)c1ncn[nH]1. The fourth-order valence-corrected chi connectivity index (χ4v) is 1.54. The zero-order valence-corrected chi connectivity index (χ0v) is 8.25. The summed E-state index contributed by atoms with van der Waals surface area (Å²) in [6, 6.07) is -0.265. The first-order valence-corrected chi connectivity index (χ1v) is 4.74. The first-order chi connectivity index (χ1) is 7.66. The van der Waals surface area contributed by atoms with Gasteiger partial charge in [0, 0.05) is 6.04 Å². The number of nitrogens with one attached hydrogen (secondary N) is 2. The van der Waals surface area contributed by atoms with Crippen LogP contribution in [0.1, 0.15) is 17.0 Å². The van der Waals surface area contributed by atoms with Crippen LogP contribution >= 0.6 is 0 Å². The van der Waals surface area contributed by atoms with Gasteiger partial charge in [-0.05, 0) is 6.42 Å². The summed E-state index contributed by atoms with van der Waals surface area (Å²) in [5.74, 6) is -1.68. The maximum absolute atomic E-state index is 11.5. The number of aromatic nitrogens is 3. The largest absolute Gasteiger partial charge is 0.481 e. The monoisotopic (exact) mass is 222 g/mol. The molecule has 16 heavy (non-hydrogen) atoms. The molecule has 0 radical (unpaired) electrons. The maximum Gasteiger partial charge on any atom is 0.310 e. The summed E-state index contributed by atoms with van der Waals surface area (Å²) in [6.45, 7) is 0. The minimum absolute atomic E-state index is 0.118. The highest BCUT2D eigenvalue weighted by Crippen LogP contribution is 2.17. The summed E-state index contributed by atoms with van der Waals surface area (Å²) in [7, 11) is 0. The first-order valence-electron chi connectivity index (χ1n) is 4.74. The fourth-order valence-electron chi connectivity index (χ4n) is 1.54. The van der Waals surface area contributed by atoms with Gasteiger partial charge >= 0.3 is 5.97 Å². The molecule has 0 aliphatic heterocycles. The Balaban J connectivity index is 1.91. The van der Waals surface area contributed by atoms with Crippen molar-refractivity contribution in [2.45, 2.75) is 12.5 Å². The second-order valence-corrected chi connectivity index (χ2v) is 3.48. The van der Waals surface area contributed by atoms with Gasteiger partial charge in [-0.1, -0.05) is 12.2 Å². The van der Waals surface area contributed by atoms with E-state index in [1.807, 2.05) is 0 Å². The second kappa shape index (κ2) is 4.13. The minimum Gasteiger partial charge on any atom is -0.481 e. The van der Waals surface area contributed by atoms with Crippen molar-refractivity contribution in [3.05, 3.63) is 24.3 Å². The Morgan fingerprint density at radius 1 is 1.50 bits per heavy atom. The lowest BCUT2D eigenvalue weighted by Gasteiger charge is -2.10. The third kappa shape index (κ3) is 2.08. The van der Waals surface area contributed by atoms with Crippen LogP contribution in [0.3, 0.4) is 0 Å². The molecule has 0 fully saturated rings. The van der Waals surface area contributed by atoms with Crippen molar-refractivity contribution in [3.63, 3.8) is 0 Å². The molecular weight excluding hydrogens is 212 g/mol. The third-order valence-corrected chi connectivity index (χ3v) is 2.35. The number of amides is 1. The molecule has 2 unspecified atom stereocenters. The summed E-state index contributed by atoms with van der Waals surface area (Å²) in [4.78, 5) is 25.9. The van der Waals surface area contributed by atoms with Crippen LogP contribution in [-0.4, -0.2) is 38.2 Å². The molecule has 0 spiro atoms. The lowest BCUT2D eigenvalue weighted by molar-refractivity contribution is -0.140. The normalized spacial score (nSPS) is 23.2. The van der Waals surface area contributed by atoms with Gasteiger partial charge in [0.1, 0.15) is 6.33 Å². The Morgan fingerprint density at radius 2 is 2.31 bits per heavy atom. The Kier molecular flexibility index (Phi) is 2.67. The van der Waals surface area contributed by atoms with Crippen molar-refractivity contribution < 1.29 is 14.7 Å². The van der Waals surface area contributed by atoms with Crippen LogP contribution in [0, 0.1) is 5.92 Å². The number of nitrogens with zero attached hydrogens (tertiary/aromatic N) is 2. The average Bonchev–Trinajstić information content (AvgIpc) is 2.87. The van der Waals surface area contributed by atoms with E-state index in [0.29, 0.717) is 6.42 Å². The number of rotatable bonds is 3. The molecule has 7 heteroatoms. The van der Waals surface area contributed by atoms with Crippen LogP contribution in [0.15, 0.2) is 18.5 Å². The van der Waals surface area contributed by atoms with Crippen LogP contribution in [0.5, 0.6) is 0 Å². The molecule has 1 aliphatic carbocycles. The van der Waals surface area contributed by atoms with Gasteiger partial charge in [-0.15, -0.1) is 0 Å². The van der Waals surface area contributed by atoms with Gasteiger partial charge in [-0.3, -0.25) is 14.7 Å². The molecule has 1 amide bonds. The minimum atomic E-state index is -0.882. The smallest absolute Gasteiger partial charge is 0.310 e. The Morgan fingerprint density at radius 3 is 2.88 bits per heavy atom. The van der Waals surface area contributed by atoms with E-state index in [1.165, 1.54) is 6.33 Å². The summed E-state index contributed by atoms with van der Waals surface area (Å²) in [5, 5.41) is 17.4. The van der Waals surface area contributed by atoms with Crippen LogP contribution in [0.4, 0.5) is 0 Å². The molecule has 2 rings (SSSR count). The van der Waals surface area contributed by atoms with E-state index in [9.17, 15) is 9.59 Å². The highest BCUT2D eigenvalue weighted by molar-refractivity contribution is 5.90. The Bertz CT molecular complexity index is 426. The number of hydrogen-bond acceptors (Lipinski definition) is 4. The average molecular weight is 222 g/mol. The van der Waals surface area contributed by atoms with Crippen molar-refractivity contribution in [2.24, 2.45) is 5.92 Å². The van der Waals surface area contributed by atoms with Crippen LogP contribution in [0.25, 0.3) is 0 Å². The van der Waals surface area contributed by atoms with Gasteiger partial charge in [0.05, 0.1) is 5.92 Å². The van der Waals surface area contributed by atoms with E-state index < -0.39 is 17.8 Å². The number of hydrogen-bond donors (Lipinski definition) is 3. The van der Waals surface area contributed by atoms with E-state index >= 15 is 0 Å². The lowest BCUT2D eigenvalue weighted by Crippen LogP contribution is -2.34. The van der Waals surface area contributed by atoms with Crippen molar-refractivity contribution in [1.82, 2.24) is 20.5 Å². The van der Waals surface area contributed by atoms with Gasteiger partial charge < -0.3 is 10.4 Å². The molecule has 3 N–H and O–H groups in total. The molecule has 0 aromatic carbocycles. The van der Waals surface area contributed by atoms with E-state index in [-0.39, 0.29) is 11.9 Å². The van der Waals surface area contributed by atoms with Crippen LogP contribution in [-0.2, 0) is 4.79 Å². The number of carboxylic acids is 1. The Labute approximate surface area is 90.6 Å². The van der Waals surface area contributed by atoms with Crippen molar-refractivity contribution in [2.75, 3.05) is 0 Å². The van der Waals surface area contributed by atoms with Crippen molar-refractivity contribution >= 4 is 11.9 Å². The molecule has 1 aromatic heterocycles. The van der Waals surface area contributed by atoms with E-state index in [2.05, 4.69) is 20.5 Å². The van der Waals surface area contributed by atoms with Crippen LogP contribution < -0.4 is 5.32 Å². The molecule has 1 aliphatic rings. The molecule has 0 bridgehead atoms. The molecule has 1 heterocycles. The summed E-state index contributed by atoms with van der Waals surface area (Å²) in [6.07, 6.45) is 4.86. The second-order valence-electron chi connectivity index (χ2n) is 3.48. The van der Waals surface area contributed by atoms with Gasteiger partial charge in [0.15, 0.2) is 0 Å². The summed E-state index contributed by atoms with van der Waals surface area (Å²) >= 11 is 0. The van der Waals surface area contributed by atoms with E-state index in [4.69, 9.17) is 5.11 Å². The highest BCUT2D eigenvalue weighted by atomic mass is 16.4. The first kappa shape index (κ1) is 10.3. The topological polar surface area (TPSA) is 108 Å². The Hall–Kier alpha value is -2.18. The quantitative estimate of drug-likeness (QED) is 0.601. The van der Waals surface area contributed by atoms with Gasteiger partial charge in [-0.2, -0.15) is 5.10 Å². The zero-order chi connectivity index (χ0) is 11.5. The number of aliphatic carboxylic acids is 1. The molecule has 7 nitrogen and oxygen atoms in total. The van der Waals surface area contributed by atoms with E-state index in [0.717, 1.165) is 0 Å². The van der Waals surface area contributed by atoms with Gasteiger partial charge in [-0.25, -0.2) is 4.98 Å². The highest BCUT2D eigenvalue weighted by Gasteiger charge is 2.26. The molecule has 0 saturated heterocycles. The van der Waals surface area contributed by atoms with Crippen molar-refractivity contribution in [1.29, 1.82) is 0 Å². The zero-order valence-electron chi connectivity index (χ0n) is 8.25. The molecule has 2 atom stereocenters. The standard InChI is InChI=1S/C9H10N4O3/c14-8(7-10-4-11-13-7)12-6-2-1-5(3-6)9(15)16/h1-2,4-6H,3H2,(H,12,14)(H,15,16)(H,10,11,13). The predicted octanol–water partition coefficient (Wildman–Crippen LogP) is -0.436. The number of H-pyrrole nitrogens is 1. The third-order valence-electron chi connectivity index (χ3n) is 2.35. The number of carbonyl (C=O) groups excluding carboxylic acids is 1. The predicted molar refractivity (Wildman–Crippen MR) is 52.5 cm³/mol. The number of carboxylic acid groups (broad SMARTS) is 1. The molecule has 0 saturated carbocycles. The molecule has 1 aromatic rings. The fraction of sp³-hybridized carbons (Fsp3) is 0.333. The number of aromatic amines is 1. The molecule has 84 valence electrons. The van der Waals surface area contributed by atoms with E-state index in [1.54, 1.807) is 12.2 Å². The summed E-state index contributed by atoms with van der Waals surface area (Å²) in [5.41, 5.74) is 0.